The molecule has 0 atom stereocenters. The largest absolute Gasteiger partial charge is 0.457 e. The van der Waals surface area contributed by atoms with Gasteiger partial charge in [-0.1, -0.05) is 11.6 Å². The van der Waals surface area contributed by atoms with Crippen molar-refractivity contribution in [1.29, 1.82) is 0 Å². The van der Waals surface area contributed by atoms with E-state index in [1.165, 1.54) is 24.3 Å². The summed E-state index contributed by atoms with van der Waals surface area (Å²) in [5.41, 5.74) is -2.57. The molecule has 0 radical (unpaired) electrons. The molecule has 31 heavy (non-hydrogen) atoms. The van der Waals surface area contributed by atoms with Gasteiger partial charge in [-0.3, -0.25) is 14.7 Å². The lowest BCUT2D eigenvalue weighted by Crippen LogP contribution is -2.12. The Balaban J connectivity index is 2.49. The monoisotopic (exact) mass is 482 g/mol. The maximum absolute atomic E-state index is 13.5. The zero-order valence-electron chi connectivity index (χ0n) is 16.4. The lowest BCUT2D eigenvalue weighted by molar-refractivity contribution is -0.384. The summed E-state index contributed by atoms with van der Waals surface area (Å²) >= 11 is 5.76. The number of nitro groups is 1. The topological polar surface area (TPSA) is 99.9 Å². The molecule has 0 unspecified atom stereocenters. The summed E-state index contributed by atoms with van der Waals surface area (Å²) in [5.74, 6) is -0.658. The molecule has 0 saturated carbocycles. The fourth-order valence-electron chi connectivity index (χ4n) is 2.50. The van der Waals surface area contributed by atoms with Gasteiger partial charge in [0.25, 0.3) is 5.69 Å². The van der Waals surface area contributed by atoms with Crippen LogP contribution in [0, 0.1) is 10.1 Å². The van der Waals surface area contributed by atoms with Crippen LogP contribution in [0.4, 0.5) is 24.5 Å². The van der Waals surface area contributed by atoms with E-state index in [1.54, 1.807) is 13.8 Å². The summed E-state index contributed by atoms with van der Waals surface area (Å²) < 4.78 is 68.7. The van der Waals surface area contributed by atoms with Gasteiger partial charge in [0.1, 0.15) is 29.0 Å². The van der Waals surface area contributed by atoms with Crippen LogP contribution in [-0.2, 0) is 19.8 Å². The summed E-state index contributed by atoms with van der Waals surface area (Å²) in [4.78, 5) is 10.4. The van der Waals surface area contributed by atoms with Gasteiger partial charge in [-0.2, -0.15) is 13.2 Å². The Morgan fingerprint density at radius 2 is 1.71 bits per heavy atom. The van der Waals surface area contributed by atoms with E-state index >= 15 is 0 Å². The van der Waals surface area contributed by atoms with Crippen molar-refractivity contribution in [1.82, 2.24) is 0 Å². The van der Waals surface area contributed by atoms with Gasteiger partial charge in [-0.25, -0.2) is 0 Å². The van der Waals surface area contributed by atoms with Crippen LogP contribution in [0.2, 0.25) is 5.02 Å². The zero-order chi connectivity index (χ0) is 23.2. The van der Waals surface area contributed by atoms with Crippen LogP contribution < -0.4 is 10.1 Å². The van der Waals surface area contributed by atoms with Gasteiger partial charge in [-0.15, -0.1) is 0 Å². The van der Waals surface area contributed by atoms with E-state index in [9.17, 15) is 27.9 Å². The molecule has 2 aromatic rings. The molecule has 8 nitrogen and oxygen atoms in total. The summed E-state index contributed by atoms with van der Waals surface area (Å²) in [6.45, 7) is 3.23. The van der Waals surface area contributed by atoms with Crippen LogP contribution in [0.1, 0.15) is 19.4 Å². The van der Waals surface area contributed by atoms with Crippen molar-refractivity contribution in [3.8, 4) is 11.5 Å². The van der Waals surface area contributed by atoms with Crippen LogP contribution in [0.25, 0.3) is 0 Å². The molecule has 170 valence electrons. The molecular formula is C18H19ClF3N2O6P. The Labute approximate surface area is 180 Å². The first-order valence-corrected chi connectivity index (χ1v) is 11.0. The molecule has 2 aromatic carbocycles. The first-order valence-electron chi connectivity index (χ1n) is 8.94. The maximum atomic E-state index is 13.5. The van der Waals surface area contributed by atoms with E-state index in [0.717, 1.165) is 6.07 Å². The molecule has 0 aliphatic heterocycles. The van der Waals surface area contributed by atoms with Gasteiger partial charge in [0.15, 0.2) is 0 Å². The molecule has 0 amide bonds. The quantitative estimate of drug-likeness (QED) is 0.228. The second-order valence-electron chi connectivity index (χ2n) is 5.96. The number of nitrogens with zero attached hydrogens (tertiary/aromatic N) is 1. The van der Waals surface area contributed by atoms with Crippen LogP contribution in [0.3, 0.4) is 0 Å². The Bertz CT molecular complexity index is 962. The second-order valence-corrected chi connectivity index (χ2v) is 8.45. The fourth-order valence-corrected chi connectivity index (χ4v) is 4.03. The van der Waals surface area contributed by atoms with Crippen LogP contribution in [0.5, 0.6) is 11.5 Å². The normalized spacial score (nSPS) is 11.9. The van der Waals surface area contributed by atoms with Crippen molar-refractivity contribution in [2.75, 3.05) is 24.8 Å². The smallest absolute Gasteiger partial charge is 0.420 e. The average Bonchev–Trinajstić information content (AvgIpc) is 2.67. The molecule has 0 saturated heterocycles. The van der Waals surface area contributed by atoms with E-state index in [-0.39, 0.29) is 24.7 Å². The van der Waals surface area contributed by atoms with Gasteiger partial charge < -0.3 is 19.1 Å². The van der Waals surface area contributed by atoms with Gasteiger partial charge >= 0.3 is 13.8 Å². The minimum atomic E-state index is -4.93. The minimum Gasteiger partial charge on any atom is -0.457 e. The van der Waals surface area contributed by atoms with Crippen LogP contribution in [-0.4, -0.2) is 24.4 Å². The molecule has 2 rings (SSSR count). The number of benzene rings is 2. The highest BCUT2D eigenvalue weighted by atomic mass is 35.5. The number of nitro benzene ring substituents is 1. The molecule has 0 heterocycles. The molecular weight excluding hydrogens is 464 g/mol. The van der Waals surface area contributed by atoms with Crippen LogP contribution in [0.15, 0.2) is 36.4 Å². The van der Waals surface area contributed by atoms with Crippen molar-refractivity contribution < 1.29 is 36.4 Å². The van der Waals surface area contributed by atoms with Crippen molar-refractivity contribution in [3.63, 3.8) is 0 Å². The Morgan fingerprint density at radius 1 is 1.13 bits per heavy atom. The molecule has 0 aliphatic rings. The van der Waals surface area contributed by atoms with Crippen molar-refractivity contribution in [2.45, 2.75) is 20.0 Å². The number of rotatable bonds is 10. The van der Waals surface area contributed by atoms with E-state index in [4.69, 9.17) is 25.4 Å². The summed E-state index contributed by atoms with van der Waals surface area (Å²) in [7, 11) is -3.68. The predicted octanol–water partition coefficient (Wildman–Crippen LogP) is 6.69. The van der Waals surface area contributed by atoms with Gasteiger partial charge in [-0.05, 0) is 38.1 Å². The van der Waals surface area contributed by atoms with Crippen molar-refractivity contribution >= 4 is 30.6 Å². The van der Waals surface area contributed by atoms with E-state index in [1.807, 2.05) is 0 Å². The Morgan fingerprint density at radius 3 is 2.19 bits per heavy atom. The number of halogens is 4. The number of anilines is 1. The van der Waals surface area contributed by atoms with Crippen LogP contribution >= 0.6 is 19.2 Å². The van der Waals surface area contributed by atoms with E-state index in [2.05, 4.69) is 5.32 Å². The third-order valence-corrected chi connectivity index (χ3v) is 5.86. The summed E-state index contributed by atoms with van der Waals surface area (Å²) in [6.07, 6.45) is -5.43. The highest BCUT2D eigenvalue weighted by Crippen LogP contribution is 2.49. The maximum Gasteiger partial charge on any atom is 0.420 e. The number of nitrogens with one attached hydrogen (secondary N) is 1. The highest BCUT2D eigenvalue weighted by Gasteiger charge is 2.38. The van der Waals surface area contributed by atoms with Gasteiger partial charge in [0, 0.05) is 17.2 Å². The molecule has 13 heteroatoms. The molecule has 0 aromatic heterocycles. The lowest BCUT2D eigenvalue weighted by Gasteiger charge is -2.19. The Kier molecular flexibility index (Phi) is 8.30. The molecule has 0 spiro atoms. The van der Waals surface area contributed by atoms with E-state index < -0.39 is 42.0 Å². The van der Waals surface area contributed by atoms with E-state index in [0.29, 0.717) is 11.1 Å². The van der Waals surface area contributed by atoms with Gasteiger partial charge in [0.2, 0.25) is 0 Å². The standard InChI is InChI=1S/C18H19ClF3N2O6P/c1-3-28-31(27,29-4-2)11-23-15-10-17(30-13-7-5-12(19)6-8-13)14(18(20,21)22)9-16(15)24(25)26/h5-10,23H,3-4,11H2,1-2H3. The molecule has 0 fully saturated rings. The third kappa shape index (κ3) is 6.83. The first kappa shape index (κ1) is 24.9. The number of ether oxygens (including phenoxy) is 1. The van der Waals surface area contributed by atoms with Crippen molar-refractivity contribution in [3.05, 3.63) is 57.1 Å². The zero-order valence-corrected chi connectivity index (χ0v) is 18.1. The molecule has 1 N–H and O–H groups in total. The molecule has 0 bridgehead atoms. The average molecular weight is 483 g/mol. The first-order chi connectivity index (χ1) is 14.5. The second kappa shape index (κ2) is 10.3. The number of hydrogen-bond donors (Lipinski definition) is 1. The number of alkyl halides is 3. The highest BCUT2D eigenvalue weighted by molar-refractivity contribution is 7.53. The number of hydrogen-bond acceptors (Lipinski definition) is 7. The summed E-state index contributed by atoms with van der Waals surface area (Å²) in [5, 5.41) is 14.2. The summed E-state index contributed by atoms with van der Waals surface area (Å²) in [6, 6.07) is 6.67. The fraction of sp³-hybridized carbons (Fsp3) is 0.333. The lowest BCUT2D eigenvalue weighted by atomic mass is 10.1. The SMILES string of the molecule is CCOP(=O)(CNc1cc(Oc2ccc(Cl)cc2)c(C(F)(F)F)cc1[N+](=O)[O-])OCC. The Hall–Kier alpha value is -2.33. The predicted molar refractivity (Wildman–Crippen MR) is 109 cm³/mol. The molecule has 0 aliphatic carbocycles. The third-order valence-electron chi connectivity index (χ3n) is 3.76. The van der Waals surface area contributed by atoms with Crippen molar-refractivity contribution in [2.24, 2.45) is 0 Å². The van der Waals surface area contributed by atoms with Gasteiger partial charge in [0.05, 0.1) is 18.1 Å². The minimum absolute atomic E-state index is 0.0315.